The smallest absolute Gasteiger partial charge is 0.158 e. The average Bonchev–Trinajstić information content (AvgIpc) is 3.09. The molecule has 0 saturated carbocycles. The summed E-state index contributed by atoms with van der Waals surface area (Å²) in [6, 6.07) is 6.44. The van der Waals surface area contributed by atoms with Gasteiger partial charge in [0.2, 0.25) is 0 Å². The highest BCUT2D eigenvalue weighted by atomic mass is 16.7. The molecule has 0 aliphatic carbocycles. The van der Waals surface area contributed by atoms with Gasteiger partial charge < -0.3 is 9.47 Å². The van der Waals surface area contributed by atoms with Crippen LogP contribution < -0.4 is 0 Å². The second kappa shape index (κ2) is 5.58. The lowest BCUT2D eigenvalue weighted by Gasteiger charge is -2.29. The molecule has 0 spiro atoms. The minimum absolute atomic E-state index is 0.158. The van der Waals surface area contributed by atoms with Gasteiger partial charge in [-0.3, -0.25) is 0 Å². The van der Waals surface area contributed by atoms with E-state index in [0.29, 0.717) is 13.2 Å². The van der Waals surface area contributed by atoms with E-state index in [4.69, 9.17) is 9.47 Å². The largest absolute Gasteiger partial charge is 0.349 e. The van der Waals surface area contributed by atoms with Crippen molar-refractivity contribution in [3.05, 3.63) is 47.5 Å². The summed E-state index contributed by atoms with van der Waals surface area (Å²) in [5.74, 6) is 0. The van der Waals surface area contributed by atoms with Crippen molar-refractivity contribution in [3.63, 3.8) is 0 Å². The summed E-state index contributed by atoms with van der Waals surface area (Å²) < 4.78 is 13.9. The summed E-state index contributed by atoms with van der Waals surface area (Å²) in [4.78, 5) is 4.02. The SMILES string of the molecule is CCC1OCC(Cn2cncn2)(c2ccc(C)cc2C)O1. The Balaban J connectivity index is 1.99. The molecule has 0 N–H and O–H groups in total. The van der Waals surface area contributed by atoms with Crippen LogP contribution in [0.25, 0.3) is 0 Å². The lowest BCUT2D eigenvalue weighted by molar-refractivity contribution is -0.0994. The molecule has 1 aliphatic rings. The first-order chi connectivity index (χ1) is 10.1. The van der Waals surface area contributed by atoms with E-state index < -0.39 is 5.60 Å². The van der Waals surface area contributed by atoms with E-state index in [2.05, 4.69) is 49.1 Å². The molecule has 3 rings (SSSR count). The fourth-order valence-corrected chi connectivity index (χ4v) is 2.96. The maximum atomic E-state index is 6.27. The highest BCUT2D eigenvalue weighted by molar-refractivity contribution is 5.35. The molecule has 1 fully saturated rings. The van der Waals surface area contributed by atoms with Gasteiger partial charge in [0, 0.05) is 0 Å². The summed E-state index contributed by atoms with van der Waals surface area (Å²) >= 11 is 0. The van der Waals surface area contributed by atoms with E-state index >= 15 is 0 Å². The average molecular weight is 287 g/mol. The minimum atomic E-state index is -0.494. The molecule has 112 valence electrons. The molecule has 0 bridgehead atoms. The molecule has 0 amide bonds. The first-order valence-corrected chi connectivity index (χ1v) is 7.32. The zero-order valence-corrected chi connectivity index (χ0v) is 12.7. The minimum Gasteiger partial charge on any atom is -0.349 e. The van der Waals surface area contributed by atoms with Gasteiger partial charge in [-0.1, -0.05) is 30.7 Å². The Bertz CT molecular complexity index is 612. The van der Waals surface area contributed by atoms with Crippen molar-refractivity contribution in [2.24, 2.45) is 0 Å². The molecule has 5 heteroatoms. The maximum Gasteiger partial charge on any atom is 0.158 e. The third kappa shape index (κ3) is 2.71. The van der Waals surface area contributed by atoms with Gasteiger partial charge in [-0.2, -0.15) is 5.10 Å². The monoisotopic (exact) mass is 287 g/mol. The molecule has 2 atom stereocenters. The second-order valence-electron chi connectivity index (χ2n) is 5.67. The molecule has 0 radical (unpaired) electrons. The van der Waals surface area contributed by atoms with Crippen LogP contribution in [-0.2, 0) is 21.6 Å². The van der Waals surface area contributed by atoms with Crippen LogP contribution in [0.3, 0.4) is 0 Å². The highest BCUT2D eigenvalue weighted by Crippen LogP contribution is 2.38. The predicted molar refractivity (Wildman–Crippen MR) is 78.7 cm³/mol. The Morgan fingerprint density at radius 1 is 1.38 bits per heavy atom. The Morgan fingerprint density at radius 3 is 2.86 bits per heavy atom. The van der Waals surface area contributed by atoms with Crippen molar-refractivity contribution >= 4 is 0 Å². The van der Waals surface area contributed by atoms with Crippen LogP contribution in [0, 0.1) is 13.8 Å². The third-order valence-corrected chi connectivity index (χ3v) is 3.95. The van der Waals surface area contributed by atoms with Crippen LogP contribution in [0.4, 0.5) is 0 Å². The van der Waals surface area contributed by atoms with Gasteiger partial charge in [0.15, 0.2) is 6.29 Å². The van der Waals surface area contributed by atoms with Crippen LogP contribution in [0.5, 0.6) is 0 Å². The standard InChI is InChI=1S/C16H21N3O2/c1-4-15-20-9-16(21-15,8-19-11-17-10-18-19)14-6-5-12(2)7-13(14)3/h5-7,10-11,15H,4,8-9H2,1-3H3. The van der Waals surface area contributed by atoms with Gasteiger partial charge >= 0.3 is 0 Å². The van der Waals surface area contributed by atoms with E-state index in [0.717, 1.165) is 6.42 Å². The Kier molecular flexibility index (Phi) is 3.78. The number of benzene rings is 1. The van der Waals surface area contributed by atoms with Crippen molar-refractivity contribution in [2.45, 2.75) is 45.6 Å². The number of ether oxygens (including phenoxy) is 2. The first-order valence-electron chi connectivity index (χ1n) is 7.32. The number of aromatic nitrogens is 3. The molecule has 2 unspecified atom stereocenters. The van der Waals surface area contributed by atoms with E-state index in [9.17, 15) is 0 Å². The van der Waals surface area contributed by atoms with E-state index in [1.165, 1.54) is 16.7 Å². The Morgan fingerprint density at radius 2 is 2.24 bits per heavy atom. The molecule has 1 saturated heterocycles. The van der Waals surface area contributed by atoms with Crippen molar-refractivity contribution in [3.8, 4) is 0 Å². The Hall–Kier alpha value is -1.72. The number of rotatable bonds is 4. The first kappa shape index (κ1) is 14.2. The summed E-state index contributed by atoms with van der Waals surface area (Å²) in [5.41, 5.74) is 3.14. The number of hydrogen-bond donors (Lipinski definition) is 0. The summed E-state index contributed by atoms with van der Waals surface area (Å²) in [6.07, 6.45) is 3.94. The van der Waals surface area contributed by atoms with E-state index in [-0.39, 0.29) is 6.29 Å². The van der Waals surface area contributed by atoms with Crippen LogP contribution in [0.1, 0.15) is 30.0 Å². The van der Waals surface area contributed by atoms with Crippen molar-refractivity contribution in [1.82, 2.24) is 14.8 Å². The van der Waals surface area contributed by atoms with Crippen molar-refractivity contribution in [1.29, 1.82) is 0 Å². The summed E-state index contributed by atoms with van der Waals surface area (Å²) in [6.45, 7) is 7.43. The molecular weight excluding hydrogens is 266 g/mol. The number of hydrogen-bond acceptors (Lipinski definition) is 4. The molecule has 2 aromatic rings. The van der Waals surface area contributed by atoms with Gasteiger partial charge in [-0.25, -0.2) is 9.67 Å². The topological polar surface area (TPSA) is 49.2 Å². The van der Waals surface area contributed by atoms with Crippen molar-refractivity contribution in [2.75, 3.05) is 6.61 Å². The molecular formula is C16H21N3O2. The predicted octanol–water partition coefficient (Wildman–Crippen LogP) is 2.57. The molecule has 1 aromatic heterocycles. The lowest BCUT2D eigenvalue weighted by atomic mass is 9.89. The van der Waals surface area contributed by atoms with Crippen LogP contribution >= 0.6 is 0 Å². The quantitative estimate of drug-likeness (QED) is 0.867. The lowest BCUT2D eigenvalue weighted by Crippen LogP contribution is -2.35. The van der Waals surface area contributed by atoms with Gasteiger partial charge in [0.05, 0.1) is 13.2 Å². The fraction of sp³-hybridized carbons (Fsp3) is 0.500. The van der Waals surface area contributed by atoms with Gasteiger partial charge in [-0.15, -0.1) is 0 Å². The number of nitrogens with zero attached hydrogens (tertiary/aromatic N) is 3. The van der Waals surface area contributed by atoms with E-state index in [1.807, 2.05) is 0 Å². The third-order valence-electron chi connectivity index (χ3n) is 3.95. The molecule has 1 aromatic carbocycles. The van der Waals surface area contributed by atoms with E-state index in [1.54, 1.807) is 17.3 Å². The second-order valence-corrected chi connectivity index (χ2v) is 5.67. The van der Waals surface area contributed by atoms with Gasteiger partial charge in [-0.05, 0) is 31.4 Å². The molecule has 5 nitrogen and oxygen atoms in total. The zero-order valence-electron chi connectivity index (χ0n) is 12.7. The molecule has 21 heavy (non-hydrogen) atoms. The fourth-order valence-electron chi connectivity index (χ4n) is 2.96. The molecule has 1 aliphatic heterocycles. The van der Waals surface area contributed by atoms with Crippen molar-refractivity contribution < 1.29 is 9.47 Å². The zero-order chi connectivity index (χ0) is 14.9. The van der Waals surface area contributed by atoms with Crippen LogP contribution in [0.2, 0.25) is 0 Å². The van der Waals surface area contributed by atoms with Crippen LogP contribution in [0.15, 0.2) is 30.9 Å². The molecule has 2 heterocycles. The maximum absolute atomic E-state index is 6.27. The van der Waals surface area contributed by atoms with Gasteiger partial charge in [0.1, 0.15) is 18.3 Å². The Labute approximate surface area is 124 Å². The van der Waals surface area contributed by atoms with Gasteiger partial charge in [0.25, 0.3) is 0 Å². The highest BCUT2D eigenvalue weighted by Gasteiger charge is 2.43. The summed E-state index contributed by atoms with van der Waals surface area (Å²) in [5, 5.41) is 4.22. The van der Waals surface area contributed by atoms with Crippen LogP contribution in [-0.4, -0.2) is 27.7 Å². The number of aryl methyl sites for hydroxylation is 2. The normalized spacial score (nSPS) is 25.4. The summed E-state index contributed by atoms with van der Waals surface area (Å²) in [7, 11) is 0.